The second-order valence-corrected chi connectivity index (χ2v) is 15.7. The van der Waals surface area contributed by atoms with E-state index in [0.717, 1.165) is 50.5 Å². The number of pyridine rings is 2. The highest BCUT2D eigenvalue weighted by molar-refractivity contribution is 6.34. The van der Waals surface area contributed by atoms with Gasteiger partial charge >= 0.3 is 0 Å². The molecule has 1 aliphatic carbocycles. The first-order valence-corrected chi connectivity index (χ1v) is 18.5. The van der Waals surface area contributed by atoms with E-state index >= 15 is 8.78 Å². The number of nitrogens with one attached hydrogen (secondary N) is 2. The first-order chi connectivity index (χ1) is 25.1. The van der Waals surface area contributed by atoms with Crippen molar-refractivity contribution in [2.45, 2.75) is 96.7 Å². The van der Waals surface area contributed by atoms with Crippen molar-refractivity contribution in [3.05, 3.63) is 58.6 Å². The summed E-state index contributed by atoms with van der Waals surface area (Å²) in [6.45, 7) is 10.7. The first-order valence-electron chi connectivity index (χ1n) is 18.1. The average Bonchev–Trinajstić information content (AvgIpc) is 3.47. The van der Waals surface area contributed by atoms with Crippen molar-refractivity contribution >= 4 is 51.6 Å². The number of hydrogen-bond acceptors (Lipinski definition) is 7. The van der Waals surface area contributed by atoms with Crippen molar-refractivity contribution in [2.24, 2.45) is 5.92 Å². The third-order valence-electron chi connectivity index (χ3n) is 10.9. The number of fused-ring (bicyclic) bond motifs is 2. The number of likely N-dealkylation sites (tertiary alicyclic amines) is 1. The Morgan fingerprint density at radius 1 is 1.04 bits per heavy atom. The van der Waals surface area contributed by atoms with Crippen LogP contribution in [0.15, 0.2) is 30.7 Å². The van der Waals surface area contributed by atoms with Crippen LogP contribution in [0.5, 0.6) is 0 Å². The lowest BCUT2D eigenvalue weighted by atomic mass is 9.72. The van der Waals surface area contributed by atoms with Gasteiger partial charge in [0.15, 0.2) is 17.5 Å². The Kier molecular flexibility index (Phi) is 9.67. The molecule has 3 aliphatic rings. The molecule has 5 heterocycles. The van der Waals surface area contributed by atoms with Gasteiger partial charge in [-0.3, -0.25) is 24.4 Å². The molecule has 53 heavy (non-hydrogen) atoms. The number of halogens is 5. The lowest BCUT2D eigenvalue weighted by Gasteiger charge is -2.58. The molecule has 2 amide bonds. The van der Waals surface area contributed by atoms with Crippen LogP contribution in [0.2, 0.25) is 5.02 Å². The summed E-state index contributed by atoms with van der Waals surface area (Å²) in [5, 5.41) is 3.98. The van der Waals surface area contributed by atoms with Gasteiger partial charge in [-0.25, -0.2) is 27.5 Å². The van der Waals surface area contributed by atoms with Crippen LogP contribution in [0.3, 0.4) is 0 Å². The molecule has 2 aliphatic heterocycles. The quantitative estimate of drug-likeness (QED) is 0.131. The molecular weight excluding hydrogens is 712 g/mol. The summed E-state index contributed by atoms with van der Waals surface area (Å²) < 4.78 is 58.1. The molecule has 10 nitrogen and oxygen atoms in total. The highest BCUT2D eigenvalue weighted by atomic mass is 35.5. The summed E-state index contributed by atoms with van der Waals surface area (Å²) in [7, 11) is 0. The number of anilines is 3. The standard InChI is InChI=1S/C38H43ClF4N8O2/c1-20(2)50-19-46-26-14-24(47-34(32(26)50)48-25-13-23(29(39)31(43)30(25)42)35(52)45-18-28(40)41)22-12-27-33(44-17-22)37(4,5)36(53)51(27)38(15-21(3)16-38)49-10-8-6-7-9-11-49/h12-14,17,19-21,28H,6-11,15-16,18H2,1-5H3,(H,45,52)(H,47,48). The molecule has 2 N–H and O–H groups in total. The number of imidazole rings is 1. The monoisotopic (exact) mass is 754 g/mol. The Morgan fingerprint density at radius 2 is 1.74 bits per heavy atom. The number of amides is 2. The minimum absolute atomic E-state index is 0.00312. The molecular formula is C38H43ClF4N8O2. The zero-order valence-electron chi connectivity index (χ0n) is 30.4. The molecule has 15 heteroatoms. The highest BCUT2D eigenvalue weighted by Gasteiger charge is 2.59. The molecule has 1 saturated carbocycles. The Balaban J connectivity index is 1.34. The Morgan fingerprint density at radius 3 is 2.38 bits per heavy atom. The van der Waals surface area contributed by atoms with Gasteiger partial charge in [0.25, 0.3) is 12.3 Å². The normalized spacial score (nSPS) is 21.6. The fourth-order valence-electron chi connectivity index (χ4n) is 8.21. The van der Waals surface area contributed by atoms with Crippen LogP contribution < -0.4 is 15.5 Å². The predicted octanol–water partition coefficient (Wildman–Crippen LogP) is 8.37. The summed E-state index contributed by atoms with van der Waals surface area (Å²) in [4.78, 5) is 46.0. The van der Waals surface area contributed by atoms with Gasteiger partial charge < -0.3 is 15.2 Å². The van der Waals surface area contributed by atoms with E-state index in [1.54, 1.807) is 18.6 Å². The second-order valence-electron chi connectivity index (χ2n) is 15.4. The molecule has 0 spiro atoms. The molecule has 0 radical (unpaired) electrons. The van der Waals surface area contributed by atoms with E-state index in [2.05, 4.69) is 22.1 Å². The van der Waals surface area contributed by atoms with Crippen LogP contribution in [-0.2, 0) is 10.2 Å². The van der Waals surface area contributed by atoms with E-state index < -0.39 is 57.9 Å². The number of nitrogens with zero attached hydrogens (tertiary/aromatic N) is 6. The van der Waals surface area contributed by atoms with Gasteiger partial charge in [0.1, 0.15) is 11.2 Å². The average molecular weight is 755 g/mol. The van der Waals surface area contributed by atoms with E-state index in [0.29, 0.717) is 33.9 Å². The summed E-state index contributed by atoms with van der Waals surface area (Å²) in [6, 6.07) is 4.55. The van der Waals surface area contributed by atoms with Crippen LogP contribution in [0.25, 0.3) is 22.3 Å². The second kappa shape index (κ2) is 13.8. The van der Waals surface area contributed by atoms with Crippen LogP contribution in [-0.4, -0.2) is 68.0 Å². The molecule has 0 atom stereocenters. The lowest BCUT2D eigenvalue weighted by molar-refractivity contribution is -0.128. The number of alkyl halides is 2. The maximum absolute atomic E-state index is 15.5. The fourth-order valence-corrected chi connectivity index (χ4v) is 8.44. The minimum Gasteiger partial charge on any atom is -0.346 e. The number of rotatable bonds is 9. The number of hydrogen-bond donors (Lipinski definition) is 2. The molecule has 0 bridgehead atoms. The van der Waals surface area contributed by atoms with E-state index in [-0.39, 0.29) is 17.8 Å². The highest BCUT2D eigenvalue weighted by Crippen LogP contribution is 2.54. The van der Waals surface area contributed by atoms with E-state index in [1.807, 2.05) is 48.5 Å². The van der Waals surface area contributed by atoms with Gasteiger partial charge in [-0.2, -0.15) is 0 Å². The molecule has 7 rings (SSSR count). The van der Waals surface area contributed by atoms with Gasteiger partial charge in [-0.15, -0.1) is 0 Å². The fraction of sp³-hybridized carbons (Fsp3) is 0.500. The molecule has 3 aromatic heterocycles. The molecule has 1 saturated heterocycles. The molecule has 1 aromatic carbocycles. The van der Waals surface area contributed by atoms with Crippen molar-refractivity contribution < 1.29 is 27.2 Å². The van der Waals surface area contributed by atoms with Gasteiger partial charge in [-0.1, -0.05) is 31.4 Å². The third-order valence-corrected chi connectivity index (χ3v) is 11.2. The lowest BCUT2D eigenvalue weighted by Crippen LogP contribution is -2.69. The molecule has 0 unspecified atom stereocenters. The Bertz CT molecular complexity index is 2090. The summed E-state index contributed by atoms with van der Waals surface area (Å²) >= 11 is 5.98. The van der Waals surface area contributed by atoms with Gasteiger partial charge in [0.2, 0.25) is 5.91 Å². The van der Waals surface area contributed by atoms with Crippen molar-refractivity contribution in [3.63, 3.8) is 0 Å². The molecule has 282 valence electrons. The third kappa shape index (κ3) is 6.30. The van der Waals surface area contributed by atoms with E-state index in [4.69, 9.17) is 21.6 Å². The van der Waals surface area contributed by atoms with Crippen LogP contribution in [0.4, 0.5) is 34.8 Å². The van der Waals surface area contributed by atoms with Crippen molar-refractivity contribution in [3.8, 4) is 11.3 Å². The number of carbonyl (C=O) groups is 2. The van der Waals surface area contributed by atoms with Gasteiger partial charge in [0.05, 0.1) is 57.2 Å². The van der Waals surface area contributed by atoms with E-state index in [9.17, 15) is 18.4 Å². The van der Waals surface area contributed by atoms with Gasteiger partial charge in [-0.05, 0) is 77.5 Å². The maximum Gasteiger partial charge on any atom is 0.255 e. The van der Waals surface area contributed by atoms with Crippen molar-refractivity contribution in [1.82, 2.24) is 29.7 Å². The van der Waals surface area contributed by atoms with Crippen LogP contribution in [0, 0.1) is 17.6 Å². The zero-order valence-corrected chi connectivity index (χ0v) is 31.1. The number of carbonyl (C=O) groups excluding carboxylic acids is 2. The molecule has 4 aromatic rings. The topological polar surface area (TPSA) is 108 Å². The smallest absolute Gasteiger partial charge is 0.255 e. The van der Waals surface area contributed by atoms with Crippen molar-refractivity contribution in [1.29, 1.82) is 0 Å². The minimum atomic E-state index is -2.86. The molecule has 2 fully saturated rings. The summed E-state index contributed by atoms with van der Waals surface area (Å²) in [5.74, 6) is -3.46. The number of benzene rings is 1. The van der Waals surface area contributed by atoms with E-state index in [1.165, 1.54) is 12.8 Å². The van der Waals surface area contributed by atoms with Crippen molar-refractivity contribution in [2.75, 3.05) is 29.9 Å². The van der Waals surface area contributed by atoms with Crippen LogP contribution >= 0.6 is 11.6 Å². The Hall–Kier alpha value is -4.30. The first kappa shape index (κ1) is 37.0. The largest absolute Gasteiger partial charge is 0.346 e. The van der Waals surface area contributed by atoms with Crippen LogP contribution in [0.1, 0.15) is 95.2 Å². The maximum atomic E-state index is 15.5. The zero-order chi connectivity index (χ0) is 38.0. The predicted molar refractivity (Wildman–Crippen MR) is 196 cm³/mol. The summed E-state index contributed by atoms with van der Waals surface area (Å²) in [6.07, 6.45) is 6.61. The SMILES string of the molecule is CC1CC(N2CCCCCC2)(N2C(=O)C(C)(C)c3ncc(-c4cc5ncn(C(C)C)c5c(Nc5cc(C(=O)NCC(F)F)c(Cl)c(F)c5F)n4)cc32)C1. The summed E-state index contributed by atoms with van der Waals surface area (Å²) in [5.41, 5.74) is 1.01. The Labute approximate surface area is 310 Å². The number of aromatic nitrogens is 4. The van der Waals surface area contributed by atoms with Gasteiger partial charge in [0, 0.05) is 30.9 Å².